The van der Waals surface area contributed by atoms with Crippen LogP contribution in [-0.4, -0.2) is 49.6 Å². The highest BCUT2D eigenvalue weighted by atomic mass is 16.5. The zero-order chi connectivity index (χ0) is 16.7. The number of benzene rings is 1. The number of nitrogens with one attached hydrogen (secondary N) is 1. The van der Waals surface area contributed by atoms with Gasteiger partial charge in [0.05, 0.1) is 6.10 Å². The van der Waals surface area contributed by atoms with Crippen molar-refractivity contribution in [3.8, 4) is 0 Å². The number of nitrogens with zero attached hydrogens (tertiary/aromatic N) is 1. The number of carbonyl (C=O) groups excluding carboxylic acids is 2. The third-order valence-corrected chi connectivity index (χ3v) is 3.96. The van der Waals surface area contributed by atoms with Gasteiger partial charge in [-0.1, -0.05) is 12.1 Å². The second kappa shape index (κ2) is 8.48. The fourth-order valence-corrected chi connectivity index (χ4v) is 2.57. The van der Waals surface area contributed by atoms with Crippen molar-refractivity contribution < 1.29 is 14.3 Å². The van der Waals surface area contributed by atoms with Gasteiger partial charge in [-0.15, -0.1) is 0 Å². The molecule has 0 saturated carbocycles. The number of rotatable bonds is 6. The molecule has 1 atom stereocenters. The molecule has 0 spiro atoms. The van der Waals surface area contributed by atoms with Crippen LogP contribution < -0.4 is 5.32 Å². The van der Waals surface area contributed by atoms with Gasteiger partial charge in [0.25, 0.3) is 5.91 Å². The summed E-state index contributed by atoms with van der Waals surface area (Å²) in [5, 5.41) is 2.58. The van der Waals surface area contributed by atoms with Gasteiger partial charge in [-0.25, -0.2) is 0 Å². The topological polar surface area (TPSA) is 58.6 Å². The zero-order valence-electron chi connectivity index (χ0n) is 13.7. The van der Waals surface area contributed by atoms with Gasteiger partial charge in [0.2, 0.25) is 5.91 Å². The largest absolute Gasteiger partial charge is 0.376 e. The second-order valence-corrected chi connectivity index (χ2v) is 5.55. The summed E-state index contributed by atoms with van der Waals surface area (Å²) in [6.45, 7) is 4.08. The highest BCUT2D eigenvalue weighted by Gasteiger charge is 2.20. The Morgan fingerprint density at radius 3 is 2.65 bits per heavy atom. The summed E-state index contributed by atoms with van der Waals surface area (Å²) in [5.41, 5.74) is 1.49. The van der Waals surface area contributed by atoms with Crippen LogP contribution in [0.15, 0.2) is 30.3 Å². The average molecular weight is 316 g/mol. The highest BCUT2D eigenvalue weighted by Crippen LogP contribution is 2.14. The van der Waals surface area contributed by atoms with E-state index in [4.69, 9.17) is 4.74 Å². The molecule has 2 amide bonds. The minimum atomic E-state index is -0.120. The normalized spacial score (nSPS) is 17.4. The van der Waals surface area contributed by atoms with Crippen LogP contribution in [0, 0.1) is 0 Å². The number of carbonyl (C=O) groups is 2. The minimum Gasteiger partial charge on any atom is -0.376 e. The lowest BCUT2D eigenvalue weighted by atomic mass is 10.1. The maximum atomic E-state index is 12.3. The van der Waals surface area contributed by atoms with E-state index in [-0.39, 0.29) is 17.9 Å². The van der Waals surface area contributed by atoms with E-state index in [1.807, 2.05) is 19.1 Å². The SMILES string of the molecule is CCN(CC1CCCO1)C(=O)/C=C/c1ccc(C(=O)NC)cc1. The first kappa shape index (κ1) is 17.2. The number of ether oxygens (including phenoxy) is 1. The van der Waals surface area contributed by atoms with Crippen LogP contribution >= 0.6 is 0 Å². The van der Waals surface area contributed by atoms with Crippen molar-refractivity contribution >= 4 is 17.9 Å². The van der Waals surface area contributed by atoms with Gasteiger partial charge in [-0.05, 0) is 43.5 Å². The van der Waals surface area contributed by atoms with E-state index >= 15 is 0 Å². The molecule has 124 valence electrons. The number of amides is 2. The van der Waals surface area contributed by atoms with Crippen molar-refractivity contribution in [1.29, 1.82) is 0 Å². The maximum Gasteiger partial charge on any atom is 0.251 e. The molecular formula is C18H24N2O3. The van der Waals surface area contributed by atoms with Crippen LogP contribution in [-0.2, 0) is 9.53 Å². The molecule has 1 N–H and O–H groups in total. The van der Waals surface area contributed by atoms with E-state index in [0.29, 0.717) is 18.7 Å². The molecule has 2 rings (SSSR count). The molecule has 1 saturated heterocycles. The average Bonchev–Trinajstić information content (AvgIpc) is 3.10. The number of likely N-dealkylation sites (N-methyl/N-ethyl adjacent to an activating group) is 1. The molecule has 5 heteroatoms. The molecule has 1 aromatic rings. The third kappa shape index (κ3) is 4.93. The summed E-state index contributed by atoms with van der Waals surface area (Å²) in [4.78, 5) is 25.6. The summed E-state index contributed by atoms with van der Waals surface area (Å²) >= 11 is 0. The van der Waals surface area contributed by atoms with Crippen molar-refractivity contribution in [2.24, 2.45) is 0 Å². The molecule has 0 radical (unpaired) electrons. The standard InChI is InChI=1S/C18H24N2O3/c1-3-20(13-16-5-4-12-23-16)17(21)11-8-14-6-9-15(10-7-14)18(22)19-2/h6-11,16H,3-5,12-13H2,1-2H3,(H,19,22)/b11-8+. The van der Waals surface area contributed by atoms with Crippen LogP contribution in [0.25, 0.3) is 6.08 Å². The molecule has 1 fully saturated rings. The summed E-state index contributed by atoms with van der Waals surface area (Å²) in [5.74, 6) is -0.135. The molecule has 1 aromatic carbocycles. The molecule has 1 heterocycles. The van der Waals surface area contributed by atoms with Crippen LogP contribution in [0.1, 0.15) is 35.7 Å². The first-order valence-corrected chi connectivity index (χ1v) is 8.04. The number of hydrogen-bond donors (Lipinski definition) is 1. The van der Waals surface area contributed by atoms with Crippen molar-refractivity contribution in [2.75, 3.05) is 26.7 Å². The Morgan fingerprint density at radius 2 is 2.09 bits per heavy atom. The van der Waals surface area contributed by atoms with Gasteiger partial charge >= 0.3 is 0 Å². The highest BCUT2D eigenvalue weighted by molar-refractivity contribution is 5.94. The molecule has 1 unspecified atom stereocenters. The zero-order valence-corrected chi connectivity index (χ0v) is 13.7. The Kier molecular flexibility index (Phi) is 6.35. The Balaban J connectivity index is 1.94. The predicted octanol–water partition coefficient (Wildman–Crippen LogP) is 2.09. The van der Waals surface area contributed by atoms with Gasteiger partial charge in [0.15, 0.2) is 0 Å². The van der Waals surface area contributed by atoms with Crippen molar-refractivity contribution in [3.05, 3.63) is 41.5 Å². The van der Waals surface area contributed by atoms with Gasteiger partial charge in [-0.2, -0.15) is 0 Å². The predicted molar refractivity (Wildman–Crippen MR) is 90.1 cm³/mol. The van der Waals surface area contributed by atoms with Crippen LogP contribution in [0.2, 0.25) is 0 Å². The van der Waals surface area contributed by atoms with Gasteiger partial charge in [0, 0.05) is 38.4 Å². The van der Waals surface area contributed by atoms with E-state index in [1.54, 1.807) is 36.2 Å². The fourth-order valence-electron chi connectivity index (χ4n) is 2.57. The summed E-state index contributed by atoms with van der Waals surface area (Å²) < 4.78 is 5.59. The quantitative estimate of drug-likeness (QED) is 0.818. The maximum absolute atomic E-state index is 12.3. The Labute approximate surface area is 137 Å². The Hall–Kier alpha value is -2.14. The lowest BCUT2D eigenvalue weighted by Crippen LogP contribution is -2.36. The van der Waals surface area contributed by atoms with Crippen molar-refractivity contribution in [2.45, 2.75) is 25.9 Å². The summed E-state index contributed by atoms with van der Waals surface area (Å²) in [6.07, 6.45) is 5.61. The molecule has 5 nitrogen and oxygen atoms in total. The summed E-state index contributed by atoms with van der Waals surface area (Å²) in [7, 11) is 1.60. The van der Waals surface area contributed by atoms with Crippen molar-refractivity contribution in [3.63, 3.8) is 0 Å². The van der Waals surface area contributed by atoms with E-state index < -0.39 is 0 Å². The van der Waals surface area contributed by atoms with E-state index in [0.717, 1.165) is 25.0 Å². The first-order valence-electron chi connectivity index (χ1n) is 8.04. The molecule has 1 aliphatic rings. The molecule has 23 heavy (non-hydrogen) atoms. The van der Waals surface area contributed by atoms with E-state index in [2.05, 4.69) is 5.32 Å². The monoisotopic (exact) mass is 316 g/mol. The molecular weight excluding hydrogens is 292 g/mol. The summed E-state index contributed by atoms with van der Waals surface area (Å²) in [6, 6.07) is 7.13. The Morgan fingerprint density at radius 1 is 1.35 bits per heavy atom. The van der Waals surface area contributed by atoms with Crippen LogP contribution in [0.3, 0.4) is 0 Å². The Bertz CT molecular complexity index is 560. The fraction of sp³-hybridized carbons (Fsp3) is 0.444. The van der Waals surface area contributed by atoms with Gasteiger partial charge < -0.3 is 15.0 Å². The smallest absolute Gasteiger partial charge is 0.251 e. The van der Waals surface area contributed by atoms with Gasteiger partial charge in [0.1, 0.15) is 0 Å². The molecule has 0 aliphatic carbocycles. The molecule has 0 bridgehead atoms. The number of hydrogen-bond acceptors (Lipinski definition) is 3. The molecule has 1 aliphatic heterocycles. The van der Waals surface area contributed by atoms with Crippen LogP contribution in [0.4, 0.5) is 0 Å². The van der Waals surface area contributed by atoms with E-state index in [9.17, 15) is 9.59 Å². The van der Waals surface area contributed by atoms with Crippen molar-refractivity contribution in [1.82, 2.24) is 10.2 Å². The van der Waals surface area contributed by atoms with Gasteiger partial charge in [-0.3, -0.25) is 9.59 Å². The first-order chi connectivity index (χ1) is 11.1. The molecule has 0 aromatic heterocycles. The second-order valence-electron chi connectivity index (χ2n) is 5.55. The lowest BCUT2D eigenvalue weighted by Gasteiger charge is -2.22. The van der Waals surface area contributed by atoms with Crippen LogP contribution in [0.5, 0.6) is 0 Å². The lowest BCUT2D eigenvalue weighted by molar-refractivity contribution is -0.127. The van der Waals surface area contributed by atoms with E-state index in [1.165, 1.54) is 0 Å². The minimum absolute atomic E-state index is 0.0154. The third-order valence-electron chi connectivity index (χ3n) is 3.96.